The van der Waals surface area contributed by atoms with Crippen molar-refractivity contribution in [2.75, 3.05) is 27.2 Å². The molecule has 0 bridgehead atoms. The number of benzene rings is 3. The van der Waals surface area contributed by atoms with Gasteiger partial charge in [-0.2, -0.15) is 0 Å². The fourth-order valence-electron chi connectivity index (χ4n) is 5.65. The molecule has 1 aliphatic rings. The summed E-state index contributed by atoms with van der Waals surface area (Å²) in [5.74, 6) is 0.977. The van der Waals surface area contributed by atoms with Crippen LogP contribution in [0.3, 0.4) is 0 Å². The second kappa shape index (κ2) is 16.2. The standard InChI is InChI=1S/C36H48N4O3/c1-27(2)23-34(39(3)4)35(41)38-33(24-28-15-17-32(18-16-28)43-26-30-13-9-6-10-14-30)36(42)40(31-19-21-37-22-20-31)25-29-11-7-5-8-12-29/h5-18,27,31,33-34,37H,19-26H2,1-4H3,(H,38,41)/t33-,34-/m0/s1. The zero-order valence-corrected chi connectivity index (χ0v) is 26.2. The van der Waals surface area contributed by atoms with E-state index < -0.39 is 6.04 Å². The lowest BCUT2D eigenvalue weighted by molar-refractivity contribution is -0.140. The molecule has 0 saturated carbocycles. The van der Waals surface area contributed by atoms with Crippen LogP contribution < -0.4 is 15.4 Å². The molecule has 1 heterocycles. The molecule has 0 aromatic heterocycles. The van der Waals surface area contributed by atoms with E-state index in [-0.39, 0.29) is 23.9 Å². The smallest absolute Gasteiger partial charge is 0.246 e. The first-order valence-corrected chi connectivity index (χ1v) is 15.6. The van der Waals surface area contributed by atoms with Crippen molar-refractivity contribution in [3.05, 3.63) is 102 Å². The Bertz CT molecular complexity index is 1260. The number of ether oxygens (including phenoxy) is 1. The molecule has 3 aromatic carbocycles. The Balaban J connectivity index is 1.56. The van der Waals surface area contributed by atoms with E-state index in [9.17, 15) is 9.59 Å². The van der Waals surface area contributed by atoms with Crippen molar-refractivity contribution < 1.29 is 14.3 Å². The first-order valence-electron chi connectivity index (χ1n) is 15.6. The largest absolute Gasteiger partial charge is 0.489 e. The maximum absolute atomic E-state index is 14.5. The average Bonchev–Trinajstić information content (AvgIpc) is 3.02. The van der Waals surface area contributed by atoms with Crippen LogP contribution in [-0.4, -0.2) is 66.9 Å². The van der Waals surface area contributed by atoms with Gasteiger partial charge in [-0.05, 0) is 81.2 Å². The molecule has 1 saturated heterocycles. The molecule has 43 heavy (non-hydrogen) atoms. The summed E-state index contributed by atoms with van der Waals surface area (Å²) >= 11 is 0. The number of piperidine rings is 1. The molecule has 2 atom stereocenters. The lowest BCUT2D eigenvalue weighted by Crippen LogP contribution is -2.57. The molecule has 7 heteroatoms. The molecular formula is C36H48N4O3. The molecular weight excluding hydrogens is 536 g/mol. The minimum atomic E-state index is -0.684. The zero-order chi connectivity index (χ0) is 30.6. The Labute approximate surface area is 257 Å². The SMILES string of the molecule is CC(C)C[C@@H](C(=O)N[C@@H](Cc1ccc(OCc2ccccc2)cc1)C(=O)N(Cc1ccccc1)C1CCNCC1)N(C)C. The van der Waals surface area contributed by atoms with Crippen molar-refractivity contribution in [2.45, 2.75) is 70.8 Å². The molecule has 7 nitrogen and oxygen atoms in total. The molecule has 1 aliphatic heterocycles. The number of nitrogens with one attached hydrogen (secondary N) is 2. The van der Waals surface area contributed by atoms with Gasteiger partial charge < -0.3 is 20.3 Å². The van der Waals surface area contributed by atoms with Gasteiger partial charge in [-0.15, -0.1) is 0 Å². The van der Waals surface area contributed by atoms with Crippen LogP contribution in [0.2, 0.25) is 0 Å². The average molecular weight is 585 g/mol. The van der Waals surface area contributed by atoms with Gasteiger partial charge >= 0.3 is 0 Å². The van der Waals surface area contributed by atoms with E-state index in [2.05, 4.69) is 36.6 Å². The number of hydrogen-bond donors (Lipinski definition) is 2. The fourth-order valence-corrected chi connectivity index (χ4v) is 5.65. The van der Waals surface area contributed by atoms with Crippen LogP contribution in [0.15, 0.2) is 84.9 Å². The predicted octanol–water partition coefficient (Wildman–Crippen LogP) is 5.05. The summed E-state index contributed by atoms with van der Waals surface area (Å²) in [6.45, 7) is 7.00. The van der Waals surface area contributed by atoms with Crippen LogP contribution in [0.5, 0.6) is 5.75 Å². The van der Waals surface area contributed by atoms with Gasteiger partial charge in [0.2, 0.25) is 11.8 Å². The van der Waals surface area contributed by atoms with Crippen molar-refractivity contribution in [3.8, 4) is 5.75 Å². The highest BCUT2D eigenvalue weighted by Gasteiger charge is 2.33. The summed E-state index contributed by atoms with van der Waals surface area (Å²) in [5.41, 5.74) is 3.17. The third kappa shape index (κ3) is 9.94. The van der Waals surface area contributed by atoms with Crippen LogP contribution in [0.4, 0.5) is 0 Å². The zero-order valence-electron chi connectivity index (χ0n) is 26.2. The van der Waals surface area contributed by atoms with Gasteiger partial charge in [-0.25, -0.2) is 0 Å². The minimum Gasteiger partial charge on any atom is -0.489 e. The van der Waals surface area contributed by atoms with Crippen LogP contribution in [-0.2, 0) is 29.2 Å². The van der Waals surface area contributed by atoms with Crippen molar-refractivity contribution in [3.63, 3.8) is 0 Å². The highest BCUT2D eigenvalue weighted by Crippen LogP contribution is 2.21. The first-order chi connectivity index (χ1) is 20.8. The van der Waals surface area contributed by atoms with Crippen LogP contribution >= 0.6 is 0 Å². The number of likely N-dealkylation sites (N-methyl/N-ethyl adjacent to an activating group) is 1. The van der Waals surface area contributed by atoms with Crippen LogP contribution in [0.25, 0.3) is 0 Å². The summed E-state index contributed by atoms with van der Waals surface area (Å²) in [4.78, 5) is 32.1. The number of nitrogens with zero attached hydrogens (tertiary/aromatic N) is 2. The van der Waals surface area contributed by atoms with Gasteiger partial charge in [0.15, 0.2) is 0 Å². The lowest BCUT2D eigenvalue weighted by atomic mass is 9.98. The predicted molar refractivity (Wildman–Crippen MR) is 173 cm³/mol. The van der Waals surface area contributed by atoms with Gasteiger partial charge in [0.05, 0.1) is 6.04 Å². The number of amides is 2. The van der Waals surface area contributed by atoms with Crippen LogP contribution in [0, 0.1) is 5.92 Å². The number of rotatable bonds is 14. The fraction of sp³-hybridized carbons (Fsp3) is 0.444. The topological polar surface area (TPSA) is 73.9 Å². The molecule has 0 radical (unpaired) electrons. The number of carbonyl (C=O) groups excluding carboxylic acids is 2. The summed E-state index contributed by atoms with van der Waals surface area (Å²) < 4.78 is 5.99. The summed E-state index contributed by atoms with van der Waals surface area (Å²) in [6.07, 6.45) is 2.90. The monoisotopic (exact) mass is 584 g/mol. The number of hydrogen-bond acceptors (Lipinski definition) is 5. The Morgan fingerprint density at radius 2 is 1.47 bits per heavy atom. The minimum absolute atomic E-state index is 0.0319. The molecule has 2 N–H and O–H groups in total. The van der Waals surface area contributed by atoms with Gasteiger partial charge in [-0.1, -0.05) is 86.6 Å². The van der Waals surface area contributed by atoms with Crippen molar-refractivity contribution in [2.24, 2.45) is 5.92 Å². The van der Waals surface area contributed by atoms with E-state index in [4.69, 9.17) is 4.74 Å². The molecule has 230 valence electrons. The first kappa shape index (κ1) is 32.2. The molecule has 1 fully saturated rings. The quantitative estimate of drug-likeness (QED) is 0.278. The van der Waals surface area contributed by atoms with Gasteiger partial charge in [0.25, 0.3) is 0 Å². The van der Waals surface area contributed by atoms with Crippen LogP contribution in [0.1, 0.15) is 49.8 Å². The van der Waals surface area contributed by atoms with Gasteiger partial charge in [-0.3, -0.25) is 14.5 Å². The second-order valence-corrected chi connectivity index (χ2v) is 12.2. The molecule has 2 amide bonds. The Morgan fingerprint density at radius 3 is 2.05 bits per heavy atom. The van der Waals surface area contributed by atoms with E-state index in [0.29, 0.717) is 25.5 Å². The Kier molecular flexibility index (Phi) is 12.2. The Morgan fingerprint density at radius 1 is 0.860 bits per heavy atom. The van der Waals surface area contributed by atoms with Crippen molar-refractivity contribution in [1.29, 1.82) is 0 Å². The van der Waals surface area contributed by atoms with E-state index in [1.54, 1.807) is 0 Å². The van der Waals surface area contributed by atoms with E-state index >= 15 is 0 Å². The van der Waals surface area contributed by atoms with Gasteiger partial charge in [0, 0.05) is 19.0 Å². The van der Waals surface area contributed by atoms with E-state index in [0.717, 1.165) is 54.8 Å². The molecule has 3 aromatic rings. The summed E-state index contributed by atoms with van der Waals surface area (Å²) in [5, 5.41) is 6.62. The maximum Gasteiger partial charge on any atom is 0.246 e. The lowest BCUT2D eigenvalue weighted by Gasteiger charge is -2.37. The van der Waals surface area contributed by atoms with E-state index in [1.807, 2.05) is 96.7 Å². The van der Waals surface area contributed by atoms with E-state index in [1.165, 1.54) is 0 Å². The summed E-state index contributed by atoms with van der Waals surface area (Å²) in [7, 11) is 3.85. The van der Waals surface area contributed by atoms with Crippen molar-refractivity contribution >= 4 is 11.8 Å². The normalized spacial score (nSPS) is 15.2. The highest BCUT2D eigenvalue weighted by atomic mass is 16.5. The number of carbonyl (C=O) groups is 2. The van der Waals surface area contributed by atoms with Crippen molar-refractivity contribution in [1.82, 2.24) is 20.4 Å². The highest BCUT2D eigenvalue weighted by molar-refractivity contribution is 5.90. The van der Waals surface area contributed by atoms with Gasteiger partial charge in [0.1, 0.15) is 18.4 Å². The molecule has 0 spiro atoms. The third-order valence-electron chi connectivity index (χ3n) is 8.08. The summed E-state index contributed by atoms with van der Waals surface area (Å²) in [6, 6.07) is 27.2. The molecule has 0 unspecified atom stereocenters. The molecule has 4 rings (SSSR count). The third-order valence-corrected chi connectivity index (χ3v) is 8.08. The molecule has 0 aliphatic carbocycles. The second-order valence-electron chi connectivity index (χ2n) is 12.2. The maximum atomic E-state index is 14.5. The Hall–Kier alpha value is -3.68.